The molecule has 0 radical (unpaired) electrons. The van der Waals surface area contributed by atoms with E-state index in [2.05, 4.69) is 5.32 Å². The molecule has 1 N–H and O–H groups in total. The molecule has 0 aromatic heterocycles. The van der Waals surface area contributed by atoms with E-state index in [0.29, 0.717) is 12.1 Å². The van der Waals surface area contributed by atoms with Crippen molar-refractivity contribution in [3.05, 3.63) is 29.6 Å². The molecular weight excluding hydrogens is 328 g/mol. The number of rotatable bonds is 3. The van der Waals surface area contributed by atoms with Gasteiger partial charge in [0.2, 0.25) is 15.9 Å². The summed E-state index contributed by atoms with van der Waals surface area (Å²) in [5.74, 6) is -2.69. The largest absolute Gasteiger partial charge is 0.419 e. The van der Waals surface area contributed by atoms with E-state index in [1.165, 1.54) is 0 Å². The number of nitrogens with one attached hydrogen (secondary N) is 1. The Kier molecular flexibility index (Phi) is 4.18. The maximum absolute atomic E-state index is 13.1. The number of hydrogen-bond donors (Lipinski definition) is 1. The normalized spacial score (nSPS) is 17.1. The van der Waals surface area contributed by atoms with Gasteiger partial charge in [-0.3, -0.25) is 4.79 Å². The molecule has 1 aromatic carbocycles. The van der Waals surface area contributed by atoms with E-state index in [4.69, 9.17) is 0 Å². The Morgan fingerprint density at radius 3 is 2.41 bits per heavy atom. The van der Waals surface area contributed by atoms with Gasteiger partial charge in [-0.25, -0.2) is 17.1 Å². The molecule has 122 valence electrons. The molecule has 1 aliphatic heterocycles. The third kappa shape index (κ3) is 3.55. The maximum Gasteiger partial charge on any atom is 0.419 e. The first kappa shape index (κ1) is 16.7. The van der Waals surface area contributed by atoms with Crippen LogP contribution in [-0.4, -0.2) is 38.0 Å². The van der Waals surface area contributed by atoms with E-state index in [1.54, 1.807) is 0 Å². The van der Waals surface area contributed by atoms with Crippen LogP contribution in [0.25, 0.3) is 0 Å². The Morgan fingerprint density at radius 2 is 1.91 bits per heavy atom. The Hall–Kier alpha value is -1.68. The topological polar surface area (TPSA) is 66.5 Å². The summed E-state index contributed by atoms with van der Waals surface area (Å²) in [5, 5.41) is 2.23. The zero-order valence-corrected chi connectivity index (χ0v) is 12.1. The number of carbonyl (C=O) groups excluding carboxylic acids is 1. The lowest BCUT2D eigenvalue weighted by Gasteiger charge is -2.35. The van der Waals surface area contributed by atoms with Gasteiger partial charge in [0.1, 0.15) is 5.82 Å². The molecule has 1 fully saturated rings. The van der Waals surface area contributed by atoms with Crippen molar-refractivity contribution in [1.82, 2.24) is 4.31 Å². The summed E-state index contributed by atoms with van der Waals surface area (Å²) in [4.78, 5) is 11.8. The highest BCUT2D eigenvalue weighted by molar-refractivity contribution is 7.88. The highest BCUT2D eigenvalue weighted by Crippen LogP contribution is 2.33. The Balaban J connectivity index is 2.05. The molecule has 1 aromatic rings. The molecule has 2 rings (SSSR count). The summed E-state index contributed by atoms with van der Waals surface area (Å²) in [7, 11) is -3.38. The lowest BCUT2D eigenvalue weighted by molar-refractivity contribution is -0.140. The molecule has 1 heterocycles. The van der Waals surface area contributed by atoms with Crippen LogP contribution >= 0.6 is 0 Å². The average Bonchev–Trinajstić information content (AvgIpc) is 2.26. The van der Waals surface area contributed by atoms with Crippen molar-refractivity contribution in [2.24, 2.45) is 5.92 Å². The van der Waals surface area contributed by atoms with E-state index < -0.39 is 39.4 Å². The van der Waals surface area contributed by atoms with E-state index in [0.717, 1.165) is 16.6 Å². The van der Waals surface area contributed by atoms with Crippen LogP contribution in [0.2, 0.25) is 0 Å². The number of amides is 1. The first-order valence-electron chi connectivity index (χ1n) is 6.11. The highest BCUT2D eigenvalue weighted by Gasteiger charge is 2.38. The molecule has 10 heteroatoms. The molecule has 1 aliphatic rings. The van der Waals surface area contributed by atoms with Crippen molar-refractivity contribution in [2.45, 2.75) is 6.18 Å². The zero-order chi connectivity index (χ0) is 16.7. The van der Waals surface area contributed by atoms with E-state index >= 15 is 0 Å². The molecule has 0 spiro atoms. The summed E-state index contributed by atoms with van der Waals surface area (Å²) >= 11 is 0. The quantitative estimate of drug-likeness (QED) is 0.852. The number of anilines is 1. The molecule has 0 atom stereocenters. The molecule has 1 amide bonds. The van der Waals surface area contributed by atoms with Gasteiger partial charge in [-0.1, -0.05) is 0 Å². The van der Waals surface area contributed by atoms with Gasteiger partial charge in [0.05, 0.1) is 17.7 Å². The monoisotopic (exact) mass is 340 g/mol. The minimum atomic E-state index is -4.87. The van der Waals surface area contributed by atoms with Gasteiger partial charge < -0.3 is 5.32 Å². The van der Waals surface area contributed by atoms with Crippen LogP contribution < -0.4 is 5.32 Å². The number of carbonyl (C=O) groups is 1. The third-order valence-electron chi connectivity index (χ3n) is 3.23. The van der Waals surface area contributed by atoms with Crippen molar-refractivity contribution >= 4 is 21.6 Å². The van der Waals surface area contributed by atoms with Crippen molar-refractivity contribution < 1.29 is 30.8 Å². The molecule has 0 unspecified atom stereocenters. The second kappa shape index (κ2) is 5.51. The first-order valence-corrected chi connectivity index (χ1v) is 7.96. The Labute approximate surface area is 124 Å². The summed E-state index contributed by atoms with van der Waals surface area (Å²) in [6.45, 7) is -0.0595. The van der Waals surface area contributed by atoms with Crippen LogP contribution in [0.5, 0.6) is 0 Å². The minimum absolute atomic E-state index is 0.0298. The molecule has 0 bridgehead atoms. The van der Waals surface area contributed by atoms with Gasteiger partial charge in [0, 0.05) is 18.8 Å². The van der Waals surface area contributed by atoms with E-state index in [-0.39, 0.29) is 18.8 Å². The number of benzene rings is 1. The van der Waals surface area contributed by atoms with Crippen LogP contribution in [0.15, 0.2) is 18.2 Å². The van der Waals surface area contributed by atoms with Gasteiger partial charge in [-0.15, -0.1) is 0 Å². The standard InChI is InChI=1S/C12H12F4N2O3S/c1-22(20,21)18-5-7(6-18)11(19)17-8-2-3-10(13)9(4-8)12(14,15)16/h2-4,7H,5-6H2,1H3,(H,17,19). The second-order valence-electron chi connectivity index (χ2n) is 4.96. The number of halogens is 4. The average molecular weight is 340 g/mol. The van der Waals surface area contributed by atoms with Crippen LogP contribution in [0.1, 0.15) is 5.56 Å². The predicted octanol–water partition coefficient (Wildman–Crippen LogP) is 1.67. The van der Waals surface area contributed by atoms with Crippen molar-refractivity contribution in [1.29, 1.82) is 0 Å². The molecule has 1 saturated heterocycles. The number of nitrogens with zero attached hydrogens (tertiary/aromatic N) is 1. The van der Waals surface area contributed by atoms with Gasteiger partial charge >= 0.3 is 6.18 Å². The third-order valence-corrected chi connectivity index (χ3v) is 4.46. The lowest BCUT2D eigenvalue weighted by atomic mass is 10.0. The first-order chi connectivity index (χ1) is 9.98. The molecule has 5 nitrogen and oxygen atoms in total. The predicted molar refractivity (Wildman–Crippen MR) is 69.9 cm³/mol. The minimum Gasteiger partial charge on any atom is -0.326 e. The number of hydrogen-bond acceptors (Lipinski definition) is 3. The summed E-state index contributed by atoms with van der Waals surface area (Å²) in [6.07, 6.45) is -3.87. The van der Waals surface area contributed by atoms with Crippen molar-refractivity contribution in [3.63, 3.8) is 0 Å². The Morgan fingerprint density at radius 1 is 1.32 bits per heavy atom. The molecule has 0 saturated carbocycles. The van der Waals surface area contributed by atoms with Crippen molar-refractivity contribution in [2.75, 3.05) is 24.7 Å². The molecule has 22 heavy (non-hydrogen) atoms. The smallest absolute Gasteiger partial charge is 0.326 e. The fraction of sp³-hybridized carbons (Fsp3) is 0.417. The van der Waals surface area contributed by atoms with Crippen LogP contribution in [0.3, 0.4) is 0 Å². The highest BCUT2D eigenvalue weighted by atomic mass is 32.2. The summed E-state index contributed by atoms with van der Waals surface area (Å²) in [5.41, 5.74) is -1.67. The van der Waals surface area contributed by atoms with Crippen molar-refractivity contribution in [3.8, 4) is 0 Å². The van der Waals surface area contributed by atoms with Gasteiger partial charge in [-0.2, -0.15) is 13.2 Å². The van der Waals surface area contributed by atoms with Crippen LogP contribution in [0, 0.1) is 11.7 Å². The number of alkyl halides is 3. The zero-order valence-electron chi connectivity index (χ0n) is 11.3. The van der Waals surface area contributed by atoms with Crippen LogP contribution in [0.4, 0.5) is 23.2 Å². The van der Waals surface area contributed by atoms with Gasteiger partial charge in [-0.05, 0) is 18.2 Å². The second-order valence-corrected chi connectivity index (χ2v) is 6.94. The SMILES string of the molecule is CS(=O)(=O)N1CC(C(=O)Nc2ccc(F)c(C(F)(F)F)c2)C1. The molecule has 0 aliphatic carbocycles. The number of sulfonamides is 1. The van der Waals surface area contributed by atoms with Gasteiger partial charge in [0.15, 0.2) is 0 Å². The lowest BCUT2D eigenvalue weighted by Crippen LogP contribution is -2.53. The van der Waals surface area contributed by atoms with Crippen LogP contribution in [-0.2, 0) is 21.0 Å². The molecular formula is C12H12F4N2O3S. The fourth-order valence-corrected chi connectivity index (χ4v) is 2.84. The fourth-order valence-electron chi connectivity index (χ4n) is 1.94. The van der Waals surface area contributed by atoms with Gasteiger partial charge in [0.25, 0.3) is 0 Å². The van der Waals surface area contributed by atoms with E-state index in [9.17, 15) is 30.8 Å². The summed E-state index contributed by atoms with van der Waals surface area (Å²) in [6, 6.07) is 2.12. The Bertz CT molecular complexity index is 697. The summed E-state index contributed by atoms with van der Waals surface area (Å²) < 4.78 is 74.2. The van der Waals surface area contributed by atoms with E-state index in [1.807, 2.05) is 0 Å². The maximum atomic E-state index is 13.1.